The number of aliphatic hydroxyl groups excluding tert-OH is 1. The highest BCUT2D eigenvalue weighted by Gasteiger charge is 2.32. The number of halogens is 6. The van der Waals surface area contributed by atoms with Gasteiger partial charge in [0.25, 0.3) is 0 Å². The maximum Gasteiger partial charge on any atom is 0.416 e. The zero-order valence-corrected chi connectivity index (χ0v) is 11.0. The summed E-state index contributed by atoms with van der Waals surface area (Å²) in [5.74, 6) is 0. The van der Waals surface area contributed by atoms with Crippen molar-refractivity contribution in [3.8, 4) is 11.1 Å². The molecule has 1 nitrogen and oxygen atoms in total. The van der Waals surface area contributed by atoms with Crippen molar-refractivity contribution in [1.82, 2.24) is 0 Å². The van der Waals surface area contributed by atoms with Crippen LogP contribution in [0.4, 0.5) is 26.3 Å². The molecule has 0 spiro atoms. The Bertz CT molecular complexity index is 655. The van der Waals surface area contributed by atoms with Crippen molar-refractivity contribution < 1.29 is 31.4 Å². The number of rotatable bonds is 2. The predicted octanol–water partition coefficient (Wildman–Crippen LogP) is 4.88. The fourth-order valence-corrected chi connectivity index (χ4v) is 2.00. The van der Waals surface area contributed by atoms with E-state index in [-0.39, 0.29) is 16.7 Å². The lowest BCUT2D eigenvalue weighted by Gasteiger charge is -2.13. The second kappa shape index (κ2) is 5.64. The molecule has 0 aromatic heterocycles. The maximum atomic E-state index is 12.7. The van der Waals surface area contributed by atoms with Crippen molar-refractivity contribution in [3.63, 3.8) is 0 Å². The molecule has 0 radical (unpaired) electrons. The molecule has 2 aromatic rings. The molecule has 0 aliphatic carbocycles. The number of benzene rings is 2. The van der Waals surface area contributed by atoms with E-state index in [9.17, 15) is 31.4 Å². The topological polar surface area (TPSA) is 20.2 Å². The van der Waals surface area contributed by atoms with Gasteiger partial charge < -0.3 is 5.11 Å². The van der Waals surface area contributed by atoms with Crippen LogP contribution in [0.1, 0.15) is 16.7 Å². The minimum Gasteiger partial charge on any atom is -0.392 e. The Labute approximate surface area is 121 Å². The van der Waals surface area contributed by atoms with E-state index in [4.69, 9.17) is 0 Å². The SMILES string of the molecule is OCc1ccc(C(F)(F)F)cc1-c1ccc(C(F)(F)F)cc1. The van der Waals surface area contributed by atoms with Gasteiger partial charge in [0.05, 0.1) is 17.7 Å². The summed E-state index contributed by atoms with van der Waals surface area (Å²) < 4.78 is 75.7. The zero-order chi connectivity index (χ0) is 16.5. The standard InChI is InChI=1S/C15H10F6O/c16-14(17,18)11-4-1-9(2-5-11)13-7-12(15(19,20)21)6-3-10(13)8-22/h1-7,22H,8H2. The molecule has 7 heteroatoms. The van der Waals surface area contributed by atoms with Crippen molar-refractivity contribution >= 4 is 0 Å². The van der Waals surface area contributed by atoms with Crippen LogP contribution in [0.3, 0.4) is 0 Å². The lowest BCUT2D eigenvalue weighted by molar-refractivity contribution is -0.138. The molecule has 0 saturated carbocycles. The Hall–Kier alpha value is -2.02. The molecule has 0 amide bonds. The average Bonchev–Trinajstić information content (AvgIpc) is 2.45. The molecule has 0 aliphatic rings. The van der Waals surface area contributed by atoms with Crippen molar-refractivity contribution in [2.75, 3.05) is 0 Å². The van der Waals surface area contributed by atoms with Crippen LogP contribution in [0.5, 0.6) is 0 Å². The van der Waals surface area contributed by atoms with Crippen LogP contribution in [0, 0.1) is 0 Å². The number of hydrogen-bond donors (Lipinski definition) is 1. The van der Waals surface area contributed by atoms with E-state index in [1.165, 1.54) is 0 Å². The first-order valence-electron chi connectivity index (χ1n) is 6.11. The third kappa shape index (κ3) is 3.41. The van der Waals surface area contributed by atoms with Gasteiger partial charge in [-0.25, -0.2) is 0 Å². The number of aliphatic hydroxyl groups is 1. The average molecular weight is 320 g/mol. The third-order valence-corrected chi connectivity index (χ3v) is 3.13. The molecule has 2 rings (SSSR count). The summed E-state index contributed by atoms with van der Waals surface area (Å²) in [5.41, 5.74) is -1.41. The molecule has 22 heavy (non-hydrogen) atoms. The van der Waals surface area contributed by atoms with Gasteiger partial charge >= 0.3 is 12.4 Å². The lowest BCUT2D eigenvalue weighted by Crippen LogP contribution is -2.06. The highest BCUT2D eigenvalue weighted by Crippen LogP contribution is 2.35. The molecule has 0 heterocycles. The number of alkyl halides is 6. The monoisotopic (exact) mass is 320 g/mol. The first-order valence-corrected chi connectivity index (χ1v) is 6.11. The molecule has 2 aromatic carbocycles. The Morgan fingerprint density at radius 1 is 0.727 bits per heavy atom. The molecular formula is C15H10F6O. The van der Waals surface area contributed by atoms with E-state index < -0.39 is 30.1 Å². The Balaban J connectivity index is 2.51. The van der Waals surface area contributed by atoms with Crippen LogP contribution in [-0.2, 0) is 19.0 Å². The van der Waals surface area contributed by atoms with Crippen LogP contribution in [0.2, 0.25) is 0 Å². The number of hydrogen-bond acceptors (Lipinski definition) is 1. The summed E-state index contributed by atoms with van der Waals surface area (Å²) in [4.78, 5) is 0. The molecule has 0 saturated heterocycles. The van der Waals surface area contributed by atoms with Crippen LogP contribution in [0.25, 0.3) is 11.1 Å². The van der Waals surface area contributed by atoms with Gasteiger partial charge in [-0.1, -0.05) is 18.2 Å². The Morgan fingerprint density at radius 2 is 1.23 bits per heavy atom. The second-order valence-electron chi connectivity index (χ2n) is 4.60. The Kier molecular flexibility index (Phi) is 4.19. The highest BCUT2D eigenvalue weighted by molar-refractivity contribution is 5.68. The summed E-state index contributed by atoms with van der Waals surface area (Å²) in [6.45, 7) is -0.519. The molecule has 0 unspecified atom stereocenters. The van der Waals surface area contributed by atoms with Gasteiger partial charge in [0, 0.05) is 0 Å². The van der Waals surface area contributed by atoms with E-state index in [1.54, 1.807) is 0 Å². The first-order chi connectivity index (χ1) is 10.1. The smallest absolute Gasteiger partial charge is 0.392 e. The molecule has 1 N–H and O–H groups in total. The largest absolute Gasteiger partial charge is 0.416 e. The van der Waals surface area contributed by atoms with Crippen molar-refractivity contribution in [2.45, 2.75) is 19.0 Å². The third-order valence-electron chi connectivity index (χ3n) is 3.13. The van der Waals surface area contributed by atoms with Gasteiger partial charge in [-0.2, -0.15) is 26.3 Å². The summed E-state index contributed by atoms with van der Waals surface area (Å²) in [6, 6.07) is 6.48. The first kappa shape index (κ1) is 16.4. The fraction of sp³-hybridized carbons (Fsp3) is 0.200. The normalized spacial score (nSPS) is 12.5. The van der Waals surface area contributed by atoms with E-state index in [1.807, 2.05) is 0 Å². The van der Waals surface area contributed by atoms with Crippen LogP contribution in [0.15, 0.2) is 42.5 Å². The quantitative estimate of drug-likeness (QED) is 0.782. The summed E-state index contributed by atoms with van der Waals surface area (Å²) in [6.07, 6.45) is -9.10. The minimum atomic E-state index is -4.57. The fourth-order valence-electron chi connectivity index (χ4n) is 2.00. The van der Waals surface area contributed by atoms with E-state index in [0.29, 0.717) is 0 Å². The van der Waals surface area contributed by atoms with Crippen LogP contribution >= 0.6 is 0 Å². The van der Waals surface area contributed by atoms with Crippen molar-refractivity contribution in [2.24, 2.45) is 0 Å². The van der Waals surface area contributed by atoms with Gasteiger partial charge in [0.1, 0.15) is 0 Å². The minimum absolute atomic E-state index is 0.0473. The van der Waals surface area contributed by atoms with E-state index >= 15 is 0 Å². The zero-order valence-electron chi connectivity index (χ0n) is 11.0. The molecular weight excluding hydrogens is 310 g/mol. The Morgan fingerprint density at radius 3 is 1.68 bits per heavy atom. The van der Waals surface area contributed by atoms with Gasteiger partial charge in [0.2, 0.25) is 0 Å². The van der Waals surface area contributed by atoms with E-state index in [0.717, 1.165) is 42.5 Å². The summed E-state index contributed by atoms with van der Waals surface area (Å²) in [5, 5.41) is 9.20. The van der Waals surface area contributed by atoms with Gasteiger partial charge in [-0.15, -0.1) is 0 Å². The van der Waals surface area contributed by atoms with Crippen LogP contribution < -0.4 is 0 Å². The molecule has 0 fully saturated rings. The molecule has 0 bridgehead atoms. The van der Waals surface area contributed by atoms with Gasteiger partial charge in [-0.3, -0.25) is 0 Å². The van der Waals surface area contributed by atoms with E-state index in [2.05, 4.69) is 0 Å². The molecule has 0 atom stereocenters. The maximum absolute atomic E-state index is 12.7. The molecule has 118 valence electrons. The lowest BCUT2D eigenvalue weighted by atomic mass is 9.96. The highest BCUT2D eigenvalue weighted by atomic mass is 19.4. The van der Waals surface area contributed by atoms with Gasteiger partial charge in [-0.05, 0) is 41.0 Å². The predicted molar refractivity (Wildman–Crippen MR) is 67.8 cm³/mol. The summed E-state index contributed by atoms with van der Waals surface area (Å²) >= 11 is 0. The second-order valence-corrected chi connectivity index (χ2v) is 4.60. The van der Waals surface area contributed by atoms with Gasteiger partial charge in [0.15, 0.2) is 0 Å². The van der Waals surface area contributed by atoms with Crippen molar-refractivity contribution in [3.05, 3.63) is 59.2 Å². The summed E-state index contributed by atoms with van der Waals surface area (Å²) in [7, 11) is 0. The van der Waals surface area contributed by atoms with Crippen LogP contribution in [-0.4, -0.2) is 5.11 Å². The molecule has 0 aliphatic heterocycles. The van der Waals surface area contributed by atoms with Crippen molar-refractivity contribution in [1.29, 1.82) is 0 Å².